The van der Waals surface area contributed by atoms with Crippen molar-refractivity contribution in [2.24, 2.45) is 0 Å². The molecule has 0 spiro atoms. The molecule has 7 nitrogen and oxygen atoms in total. The first-order valence-electron chi connectivity index (χ1n) is 9.46. The minimum Gasteiger partial charge on any atom is -0.271 e. The van der Waals surface area contributed by atoms with E-state index in [1.54, 1.807) is 42.5 Å². The van der Waals surface area contributed by atoms with Crippen molar-refractivity contribution in [2.45, 2.75) is 11.8 Å². The Hall–Kier alpha value is -3.78. The van der Waals surface area contributed by atoms with Gasteiger partial charge in [0.15, 0.2) is 0 Å². The van der Waals surface area contributed by atoms with Gasteiger partial charge in [-0.1, -0.05) is 48.0 Å². The summed E-state index contributed by atoms with van der Waals surface area (Å²) < 4.78 is 27.3. The Balaban J connectivity index is 1.73. The molecule has 8 heteroatoms. The van der Waals surface area contributed by atoms with Crippen LogP contribution in [0, 0.1) is 6.92 Å². The fourth-order valence-corrected chi connectivity index (χ4v) is 4.81. The van der Waals surface area contributed by atoms with Crippen molar-refractivity contribution in [1.29, 1.82) is 0 Å². The monoisotopic (exact) mass is 434 g/mol. The second kappa shape index (κ2) is 7.81. The zero-order valence-corrected chi connectivity index (χ0v) is 17.4. The summed E-state index contributed by atoms with van der Waals surface area (Å²) in [5, 5.41) is 0. The number of anilines is 1. The van der Waals surface area contributed by atoms with Gasteiger partial charge in [0, 0.05) is 0 Å². The molecule has 0 aliphatic carbocycles. The number of hydrogen-bond donors (Lipinski definition) is 0. The molecule has 0 bridgehead atoms. The molecule has 0 unspecified atom stereocenters. The predicted molar refractivity (Wildman–Crippen MR) is 114 cm³/mol. The van der Waals surface area contributed by atoms with Gasteiger partial charge in [-0.2, -0.15) is 0 Å². The first-order valence-corrected chi connectivity index (χ1v) is 10.9. The van der Waals surface area contributed by atoms with Crippen LogP contribution in [0.4, 0.5) is 5.69 Å². The van der Waals surface area contributed by atoms with E-state index in [1.165, 1.54) is 36.4 Å². The summed E-state index contributed by atoms with van der Waals surface area (Å²) in [6.07, 6.45) is 0. The average Bonchev–Trinajstić information content (AvgIpc) is 3.01. The van der Waals surface area contributed by atoms with Crippen LogP contribution in [0.1, 0.15) is 26.3 Å². The number of nitrogens with zero attached hydrogens (tertiary/aromatic N) is 2. The summed E-state index contributed by atoms with van der Waals surface area (Å²) in [4.78, 5) is 39.2. The molecule has 0 N–H and O–H groups in total. The summed E-state index contributed by atoms with van der Waals surface area (Å²) in [5.74, 6) is -2.17. The van der Waals surface area contributed by atoms with Crippen LogP contribution < -0.4 is 4.31 Å². The fraction of sp³-hybridized carbons (Fsp3) is 0.0870. The number of imide groups is 1. The summed E-state index contributed by atoms with van der Waals surface area (Å²) in [5.41, 5.74) is 1.38. The molecule has 1 aliphatic heterocycles. The summed E-state index contributed by atoms with van der Waals surface area (Å²) in [6.45, 7) is 1.13. The Labute approximate surface area is 179 Å². The molecule has 3 aromatic rings. The molecule has 3 aromatic carbocycles. The van der Waals surface area contributed by atoms with Crippen LogP contribution >= 0.6 is 0 Å². The molecule has 0 atom stereocenters. The number of hydrogen-bond acceptors (Lipinski definition) is 5. The van der Waals surface area contributed by atoms with Gasteiger partial charge in [-0.25, -0.2) is 12.7 Å². The zero-order valence-electron chi connectivity index (χ0n) is 16.6. The number of amides is 3. The van der Waals surface area contributed by atoms with Crippen molar-refractivity contribution in [3.8, 4) is 0 Å². The standard InChI is InChI=1S/C23H18N2O5S/c1-16-11-13-17(14-12-16)25(31(29,30)18-7-3-2-4-8-18)21(26)15-24-22(27)19-9-5-6-10-20(19)23(24)28/h2-14H,15H2,1H3. The Morgan fingerprint density at radius 2 is 1.32 bits per heavy atom. The third-order valence-electron chi connectivity index (χ3n) is 4.95. The molecule has 0 radical (unpaired) electrons. The van der Waals surface area contributed by atoms with Crippen molar-refractivity contribution in [1.82, 2.24) is 4.90 Å². The molecule has 0 aromatic heterocycles. The van der Waals surface area contributed by atoms with Gasteiger partial charge in [0.25, 0.3) is 27.7 Å². The Morgan fingerprint density at radius 1 is 0.806 bits per heavy atom. The summed E-state index contributed by atoms with van der Waals surface area (Å²) in [6, 6.07) is 20.1. The van der Waals surface area contributed by atoms with E-state index >= 15 is 0 Å². The second-order valence-corrected chi connectivity index (χ2v) is 8.84. The maximum atomic E-state index is 13.3. The number of benzene rings is 3. The van der Waals surface area contributed by atoms with Crippen LogP contribution in [0.15, 0.2) is 83.8 Å². The lowest BCUT2D eigenvalue weighted by atomic mass is 10.1. The molecule has 0 saturated heterocycles. The highest BCUT2D eigenvalue weighted by molar-refractivity contribution is 7.93. The van der Waals surface area contributed by atoms with Crippen LogP contribution in [0.2, 0.25) is 0 Å². The van der Waals surface area contributed by atoms with Crippen LogP contribution in [0.5, 0.6) is 0 Å². The molecule has 1 heterocycles. The van der Waals surface area contributed by atoms with Gasteiger partial charge >= 0.3 is 0 Å². The zero-order chi connectivity index (χ0) is 22.2. The van der Waals surface area contributed by atoms with Crippen molar-refractivity contribution >= 4 is 33.4 Å². The SMILES string of the molecule is Cc1ccc(N(C(=O)CN2C(=O)c3ccccc3C2=O)S(=O)(=O)c2ccccc2)cc1. The number of sulfonamides is 1. The number of carbonyl (C=O) groups is 3. The van der Waals surface area contributed by atoms with Gasteiger partial charge in [-0.3, -0.25) is 19.3 Å². The summed E-state index contributed by atoms with van der Waals surface area (Å²) in [7, 11) is -4.28. The average molecular weight is 434 g/mol. The molecule has 0 fully saturated rings. The van der Waals surface area contributed by atoms with Gasteiger partial charge in [0.05, 0.1) is 21.7 Å². The van der Waals surface area contributed by atoms with E-state index in [1.807, 2.05) is 6.92 Å². The van der Waals surface area contributed by atoms with Gasteiger partial charge in [0.2, 0.25) is 0 Å². The highest BCUT2D eigenvalue weighted by atomic mass is 32.2. The first kappa shape index (κ1) is 20.5. The van der Waals surface area contributed by atoms with Crippen molar-refractivity contribution in [2.75, 3.05) is 10.8 Å². The molecule has 156 valence electrons. The van der Waals surface area contributed by atoms with Crippen molar-refractivity contribution < 1.29 is 22.8 Å². The third kappa shape index (κ3) is 3.62. The van der Waals surface area contributed by atoms with Crippen LogP contribution in [-0.4, -0.2) is 37.6 Å². The second-order valence-electron chi connectivity index (χ2n) is 7.05. The molecular formula is C23H18N2O5S. The van der Waals surface area contributed by atoms with Crippen LogP contribution in [0.3, 0.4) is 0 Å². The summed E-state index contributed by atoms with van der Waals surface area (Å²) >= 11 is 0. The van der Waals surface area contributed by atoms with E-state index in [-0.39, 0.29) is 21.7 Å². The Morgan fingerprint density at radius 3 is 1.87 bits per heavy atom. The predicted octanol–water partition coefficient (Wildman–Crippen LogP) is 3.01. The molecule has 3 amide bonds. The maximum Gasteiger partial charge on any atom is 0.270 e. The number of aryl methyl sites for hydroxylation is 1. The highest BCUT2D eigenvalue weighted by Gasteiger charge is 2.39. The van der Waals surface area contributed by atoms with E-state index in [0.29, 0.717) is 4.31 Å². The van der Waals surface area contributed by atoms with Gasteiger partial charge in [0.1, 0.15) is 6.54 Å². The molecular weight excluding hydrogens is 416 g/mol. The number of carbonyl (C=O) groups excluding carboxylic acids is 3. The van der Waals surface area contributed by atoms with Gasteiger partial charge in [-0.05, 0) is 43.3 Å². The quantitative estimate of drug-likeness (QED) is 0.576. The van der Waals surface area contributed by atoms with Crippen LogP contribution in [-0.2, 0) is 14.8 Å². The lowest BCUT2D eigenvalue weighted by Gasteiger charge is -2.24. The largest absolute Gasteiger partial charge is 0.271 e. The Bertz CT molecular complexity index is 1250. The van der Waals surface area contributed by atoms with E-state index < -0.39 is 34.3 Å². The molecule has 31 heavy (non-hydrogen) atoms. The van der Waals surface area contributed by atoms with Crippen LogP contribution in [0.25, 0.3) is 0 Å². The number of rotatable bonds is 5. The molecule has 0 saturated carbocycles. The van der Waals surface area contributed by atoms with Gasteiger partial charge in [-0.15, -0.1) is 0 Å². The topological polar surface area (TPSA) is 91.8 Å². The lowest BCUT2D eigenvalue weighted by Crippen LogP contribution is -2.45. The van der Waals surface area contributed by atoms with Crippen molar-refractivity contribution in [3.63, 3.8) is 0 Å². The Kier molecular flexibility index (Phi) is 5.16. The third-order valence-corrected chi connectivity index (χ3v) is 6.71. The molecule has 1 aliphatic rings. The first-order chi connectivity index (χ1) is 14.8. The number of fused-ring (bicyclic) bond motifs is 1. The minimum atomic E-state index is -4.28. The minimum absolute atomic E-state index is 0.0775. The van der Waals surface area contributed by atoms with E-state index in [9.17, 15) is 22.8 Å². The molecule has 4 rings (SSSR count). The lowest BCUT2D eigenvalue weighted by molar-refractivity contribution is -0.117. The van der Waals surface area contributed by atoms with Crippen molar-refractivity contribution in [3.05, 3.63) is 95.6 Å². The normalized spacial score (nSPS) is 13.3. The smallest absolute Gasteiger partial charge is 0.270 e. The highest BCUT2D eigenvalue weighted by Crippen LogP contribution is 2.27. The van der Waals surface area contributed by atoms with E-state index in [4.69, 9.17) is 0 Å². The van der Waals surface area contributed by atoms with E-state index in [2.05, 4.69) is 0 Å². The fourth-order valence-electron chi connectivity index (χ4n) is 3.38. The maximum absolute atomic E-state index is 13.3. The van der Waals surface area contributed by atoms with E-state index in [0.717, 1.165) is 10.5 Å². The van der Waals surface area contributed by atoms with Gasteiger partial charge < -0.3 is 0 Å².